The van der Waals surface area contributed by atoms with Gasteiger partial charge in [-0.25, -0.2) is 0 Å². The van der Waals surface area contributed by atoms with Crippen LogP contribution in [0.3, 0.4) is 0 Å². The molecule has 20 heavy (non-hydrogen) atoms. The van der Waals surface area contributed by atoms with Crippen LogP contribution in [0.5, 0.6) is 0 Å². The lowest BCUT2D eigenvalue weighted by atomic mass is 10.1. The largest absolute Gasteiger partial charge is 0.328 e. The number of carbonyl (C=O) groups excluding carboxylic acids is 1. The van der Waals surface area contributed by atoms with E-state index in [4.69, 9.17) is 5.26 Å². The van der Waals surface area contributed by atoms with Gasteiger partial charge in [-0.05, 0) is 30.2 Å². The number of hydrogen-bond donors (Lipinski definition) is 0. The molecule has 1 amide bonds. The minimum atomic E-state index is 0.00783. The molecular weight excluding hydrogens is 248 g/mol. The smallest absolute Gasteiger partial charge is 0.255 e. The fourth-order valence-electron chi connectivity index (χ4n) is 2.62. The molecule has 0 spiro atoms. The van der Waals surface area contributed by atoms with Gasteiger partial charge in [0.1, 0.15) is 0 Å². The Morgan fingerprint density at radius 1 is 1.20 bits per heavy atom. The summed E-state index contributed by atoms with van der Waals surface area (Å²) in [6, 6.07) is 17.4. The minimum Gasteiger partial charge on any atom is -0.328 e. The van der Waals surface area contributed by atoms with E-state index in [1.165, 1.54) is 0 Å². The van der Waals surface area contributed by atoms with Crippen LogP contribution in [0.15, 0.2) is 48.5 Å². The van der Waals surface area contributed by atoms with Gasteiger partial charge in [-0.3, -0.25) is 4.79 Å². The van der Waals surface area contributed by atoms with Crippen molar-refractivity contribution in [1.82, 2.24) is 4.90 Å². The molecule has 2 aromatic carbocycles. The molecule has 2 aromatic rings. The molecule has 3 heteroatoms. The molecule has 1 aliphatic heterocycles. The summed E-state index contributed by atoms with van der Waals surface area (Å²) in [6.45, 7) is 2.64. The maximum Gasteiger partial charge on any atom is 0.255 e. The molecular formula is C17H14N2O. The van der Waals surface area contributed by atoms with Gasteiger partial charge in [0.2, 0.25) is 0 Å². The second-order valence-corrected chi connectivity index (χ2v) is 5.00. The average Bonchev–Trinajstić information content (AvgIpc) is 2.84. The summed E-state index contributed by atoms with van der Waals surface area (Å²) in [7, 11) is 0. The third kappa shape index (κ3) is 1.96. The van der Waals surface area contributed by atoms with Gasteiger partial charge in [0.05, 0.1) is 17.7 Å². The van der Waals surface area contributed by atoms with Crippen LogP contribution in [-0.4, -0.2) is 10.8 Å². The van der Waals surface area contributed by atoms with Gasteiger partial charge in [-0.1, -0.05) is 36.4 Å². The fourth-order valence-corrected chi connectivity index (χ4v) is 2.62. The van der Waals surface area contributed by atoms with Crippen molar-refractivity contribution in [3.8, 4) is 6.07 Å². The number of rotatable bonds is 2. The zero-order valence-electron chi connectivity index (χ0n) is 11.2. The van der Waals surface area contributed by atoms with E-state index in [0.717, 1.165) is 11.1 Å². The molecule has 0 bridgehead atoms. The Balaban J connectivity index is 1.92. The Kier molecular flexibility index (Phi) is 3.00. The zero-order valence-corrected chi connectivity index (χ0v) is 11.2. The van der Waals surface area contributed by atoms with Gasteiger partial charge in [0.25, 0.3) is 5.91 Å². The summed E-state index contributed by atoms with van der Waals surface area (Å²) < 4.78 is 0. The Labute approximate surface area is 118 Å². The van der Waals surface area contributed by atoms with E-state index in [2.05, 4.69) is 6.07 Å². The lowest BCUT2D eigenvalue weighted by Crippen LogP contribution is -2.27. The highest BCUT2D eigenvalue weighted by molar-refractivity contribution is 5.98. The number of amides is 1. The molecule has 0 aromatic heterocycles. The van der Waals surface area contributed by atoms with Crippen molar-refractivity contribution in [2.45, 2.75) is 19.5 Å². The average molecular weight is 262 g/mol. The van der Waals surface area contributed by atoms with Crippen LogP contribution < -0.4 is 0 Å². The monoisotopic (exact) mass is 262 g/mol. The van der Waals surface area contributed by atoms with E-state index in [0.29, 0.717) is 17.7 Å². The second-order valence-electron chi connectivity index (χ2n) is 5.00. The summed E-state index contributed by atoms with van der Waals surface area (Å²) >= 11 is 0. The van der Waals surface area contributed by atoms with Crippen molar-refractivity contribution >= 4 is 5.91 Å². The summed E-state index contributed by atoms with van der Waals surface area (Å²) in [6.07, 6.45) is 0. The standard InChI is InChI=1S/C17H14N2O/c1-12(14-5-3-2-4-6-14)19-11-15-8-7-13(10-18)9-16(15)17(19)20/h2-9,12H,11H2,1H3. The first kappa shape index (κ1) is 12.4. The van der Waals surface area contributed by atoms with E-state index in [1.54, 1.807) is 12.1 Å². The SMILES string of the molecule is CC(c1ccccc1)N1Cc2ccc(C#N)cc2C1=O. The van der Waals surface area contributed by atoms with Gasteiger partial charge < -0.3 is 4.90 Å². The maximum absolute atomic E-state index is 12.5. The molecule has 98 valence electrons. The third-order valence-electron chi connectivity index (χ3n) is 3.82. The summed E-state index contributed by atoms with van der Waals surface area (Å²) in [5.74, 6) is 0.00783. The van der Waals surface area contributed by atoms with Gasteiger partial charge in [0, 0.05) is 12.1 Å². The van der Waals surface area contributed by atoms with E-state index >= 15 is 0 Å². The Bertz CT molecular complexity index is 701. The van der Waals surface area contributed by atoms with Crippen LogP contribution in [-0.2, 0) is 6.54 Å². The predicted octanol–water partition coefficient (Wildman–Crippen LogP) is 3.28. The quantitative estimate of drug-likeness (QED) is 0.833. The van der Waals surface area contributed by atoms with Crippen molar-refractivity contribution in [1.29, 1.82) is 5.26 Å². The van der Waals surface area contributed by atoms with Gasteiger partial charge in [-0.15, -0.1) is 0 Å². The van der Waals surface area contributed by atoms with Crippen LogP contribution in [0.1, 0.15) is 40.0 Å². The molecule has 0 saturated carbocycles. The Morgan fingerprint density at radius 2 is 1.95 bits per heavy atom. The molecule has 1 aliphatic rings. The molecule has 1 unspecified atom stereocenters. The predicted molar refractivity (Wildman–Crippen MR) is 75.9 cm³/mol. The van der Waals surface area contributed by atoms with Gasteiger partial charge in [-0.2, -0.15) is 5.26 Å². The molecule has 3 nitrogen and oxygen atoms in total. The van der Waals surface area contributed by atoms with Crippen LogP contribution in [0.2, 0.25) is 0 Å². The van der Waals surface area contributed by atoms with Crippen LogP contribution in [0.4, 0.5) is 0 Å². The van der Waals surface area contributed by atoms with E-state index in [1.807, 2.05) is 48.2 Å². The molecule has 0 fully saturated rings. The molecule has 0 saturated heterocycles. The Hall–Kier alpha value is -2.60. The molecule has 1 heterocycles. The second kappa shape index (κ2) is 4.82. The fraction of sp³-hybridized carbons (Fsp3) is 0.176. The number of nitriles is 1. The number of fused-ring (bicyclic) bond motifs is 1. The first-order chi connectivity index (χ1) is 9.70. The van der Waals surface area contributed by atoms with Crippen molar-refractivity contribution < 1.29 is 4.79 Å². The highest BCUT2D eigenvalue weighted by Gasteiger charge is 2.31. The highest BCUT2D eigenvalue weighted by atomic mass is 16.2. The van der Waals surface area contributed by atoms with Crippen molar-refractivity contribution in [3.05, 3.63) is 70.8 Å². The number of carbonyl (C=O) groups is 1. The Morgan fingerprint density at radius 3 is 2.65 bits per heavy atom. The molecule has 1 atom stereocenters. The minimum absolute atomic E-state index is 0.00783. The first-order valence-corrected chi connectivity index (χ1v) is 6.59. The topological polar surface area (TPSA) is 44.1 Å². The van der Waals surface area contributed by atoms with Crippen LogP contribution in [0.25, 0.3) is 0 Å². The van der Waals surface area contributed by atoms with Crippen LogP contribution in [0, 0.1) is 11.3 Å². The molecule has 3 rings (SSSR count). The van der Waals surface area contributed by atoms with E-state index in [9.17, 15) is 4.79 Å². The van der Waals surface area contributed by atoms with Crippen molar-refractivity contribution in [3.63, 3.8) is 0 Å². The molecule has 0 aliphatic carbocycles. The lowest BCUT2D eigenvalue weighted by Gasteiger charge is -2.24. The lowest BCUT2D eigenvalue weighted by molar-refractivity contribution is 0.0716. The maximum atomic E-state index is 12.5. The number of benzene rings is 2. The van der Waals surface area contributed by atoms with Crippen LogP contribution >= 0.6 is 0 Å². The van der Waals surface area contributed by atoms with Gasteiger partial charge in [0.15, 0.2) is 0 Å². The number of nitrogens with zero attached hydrogens (tertiary/aromatic N) is 2. The normalized spacial score (nSPS) is 14.8. The highest BCUT2D eigenvalue weighted by Crippen LogP contribution is 2.31. The zero-order chi connectivity index (χ0) is 14.1. The van der Waals surface area contributed by atoms with Crippen molar-refractivity contribution in [2.24, 2.45) is 0 Å². The molecule has 0 radical (unpaired) electrons. The summed E-state index contributed by atoms with van der Waals surface area (Å²) in [4.78, 5) is 14.3. The van der Waals surface area contributed by atoms with Crippen molar-refractivity contribution in [2.75, 3.05) is 0 Å². The van der Waals surface area contributed by atoms with E-state index < -0.39 is 0 Å². The molecule has 0 N–H and O–H groups in total. The first-order valence-electron chi connectivity index (χ1n) is 6.59. The summed E-state index contributed by atoms with van der Waals surface area (Å²) in [5.41, 5.74) is 3.31. The number of hydrogen-bond acceptors (Lipinski definition) is 2. The van der Waals surface area contributed by atoms with Gasteiger partial charge >= 0.3 is 0 Å². The summed E-state index contributed by atoms with van der Waals surface area (Å²) in [5, 5.41) is 8.93. The third-order valence-corrected chi connectivity index (χ3v) is 3.82. The van der Waals surface area contributed by atoms with E-state index in [-0.39, 0.29) is 11.9 Å².